The average molecular weight is 425 g/mol. The predicted octanol–water partition coefficient (Wildman–Crippen LogP) is 3.56. The van der Waals surface area contributed by atoms with Gasteiger partial charge < -0.3 is 28.4 Å². The number of benzene rings is 2. The van der Waals surface area contributed by atoms with Crippen LogP contribution in [0.1, 0.15) is 13.3 Å². The second kappa shape index (κ2) is 8.55. The molecule has 0 saturated carbocycles. The van der Waals surface area contributed by atoms with Crippen molar-refractivity contribution in [1.82, 2.24) is 10.1 Å². The van der Waals surface area contributed by atoms with Gasteiger partial charge in [0.2, 0.25) is 11.6 Å². The van der Waals surface area contributed by atoms with Crippen LogP contribution in [0.4, 0.5) is 5.69 Å². The van der Waals surface area contributed by atoms with Gasteiger partial charge in [-0.2, -0.15) is 4.98 Å². The Labute approximate surface area is 179 Å². The first-order chi connectivity index (χ1) is 15.1. The maximum absolute atomic E-state index is 12.3. The quantitative estimate of drug-likeness (QED) is 0.567. The number of hydrogen-bond donors (Lipinski definition) is 0. The summed E-state index contributed by atoms with van der Waals surface area (Å²) in [6.45, 7) is 2.68. The third kappa shape index (κ3) is 3.74. The number of fused-ring (bicyclic) bond motifs is 1. The normalized spacial score (nSPS) is 12.9. The first-order valence-electron chi connectivity index (χ1n) is 9.81. The molecular formula is C22H23N3O6. The highest BCUT2D eigenvalue weighted by molar-refractivity contribution is 5.98. The molecule has 0 radical (unpaired) electrons. The molecular weight excluding hydrogens is 402 g/mol. The number of nitrogens with zero attached hydrogens (tertiary/aromatic N) is 3. The van der Waals surface area contributed by atoms with Gasteiger partial charge >= 0.3 is 0 Å². The Balaban J connectivity index is 1.71. The van der Waals surface area contributed by atoms with Crippen LogP contribution in [0.3, 0.4) is 0 Å². The summed E-state index contributed by atoms with van der Waals surface area (Å²) in [5.41, 5.74) is 2.03. The Morgan fingerprint density at radius 2 is 1.77 bits per heavy atom. The molecule has 162 valence electrons. The molecule has 0 aliphatic carbocycles. The molecule has 0 spiro atoms. The molecule has 2 aromatic carbocycles. The van der Waals surface area contributed by atoms with E-state index in [0.29, 0.717) is 58.1 Å². The minimum Gasteiger partial charge on any atom is -0.493 e. The second-order valence-electron chi connectivity index (χ2n) is 6.85. The van der Waals surface area contributed by atoms with Crippen molar-refractivity contribution in [2.45, 2.75) is 13.3 Å². The Bertz CT molecular complexity index is 1090. The molecule has 1 aromatic heterocycles. The Kier molecular flexibility index (Phi) is 5.66. The summed E-state index contributed by atoms with van der Waals surface area (Å²) in [4.78, 5) is 18.5. The van der Waals surface area contributed by atoms with Crippen molar-refractivity contribution in [3.05, 3.63) is 30.3 Å². The SMILES string of the molecule is CCCN1C(=O)COc2ccc(-c3noc(-c4cc(OC)c(OC)c(OC)c4)n3)cc21. The Hall–Kier alpha value is -3.75. The molecule has 1 amide bonds. The van der Waals surface area contributed by atoms with Crippen LogP contribution in [0.2, 0.25) is 0 Å². The number of carbonyl (C=O) groups excluding carboxylic acids is 1. The van der Waals surface area contributed by atoms with Gasteiger partial charge in [0, 0.05) is 17.7 Å². The van der Waals surface area contributed by atoms with E-state index in [9.17, 15) is 4.79 Å². The lowest BCUT2D eigenvalue weighted by Gasteiger charge is -2.29. The number of amides is 1. The molecule has 0 unspecified atom stereocenters. The first-order valence-corrected chi connectivity index (χ1v) is 9.81. The van der Waals surface area contributed by atoms with Crippen molar-refractivity contribution in [2.75, 3.05) is 39.4 Å². The van der Waals surface area contributed by atoms with Gasteiger partial charge in [-0.05, 0) is 36.8 Å². The van der Waals surface area contributed by atoms with Crippen LogP contribution in [0.25, 0.3) is 22.8 Å². The van der Waals surface area contributed by atoms with E-state index in [-0.39, 0.29) is 12.5 Å². The van der Waals surface area contributed by atoms with Crippen LogP contribution in [0, 0.1) is 0 Å². The summed E-state index contributed by atoms with van der Waals surface area (Å²) in [5.74, 6) is 2.71. The molecule has 0 N–H and O–H groups in total. The van der Waals surface area contributed by atoms with Crippen LogP contribution < -0.4 is 23.8 Å². The number of hydrogen-bond acceptors (Lipinski definition) is 8. The van der Waals surface area contributed by atoms with Gasteiger partial charge in [-0.3, -0.25) is 4.79 Å². The molecule has 0 atom stereocenters. The summed E-state index contributed by atoms with van der Waals surface area (Å²) >= 11 is 0. The molecule has 0 fully saturated rings. The maximum Gasteiger partial charge on any atom is 0.265 e. The molecule has 0 bridgehead atoms. The highest BCUT2D eigenvalue weighted by Gasteiger charge is 2.26. The van der Waals surface area contributed by atoms with E-state index in [1.54, 1.807) is 31.3 Å². The van der Waals surface area contributed by atoms with Gasteiger partial charge in [0.05, 0.1) is 27.0 Å². The van der Waals surface area contributed by atoms with Gasteiger partial charge in [-0.25, -0.2) is 0 Å². The summed E-state index contributed by atoms with van der Waals surface area (Å²) in [7, 11) is 4.62. The Morgan fingerprint density at radius 3 is 2.42 bits per heavy atom. The van der Waals surface area contributed by atoms with Crippen molar-refractivity contribution >= 4 is 11.6 Å². The van der Waals surface area contributed by atoms with E-state index in [2.05, 4.69) is 10.1 Å². The number of anilines is 1. The van der Waals surface area contributed by atoms with Gasteiger partial charge in [-0.15, -0.1) is 0 Å². The van der Waals surface area contributed by atoms with Crippen molar-refractivity contribution in [2.24, 2.45) is 0 Å². The van der Waals surface area contributed by atoms with E-state index in [1.807, 2.05) is 25.1 Å². The fourth-order valence-corrected chi connectivity index (χ4v) is 3.47. The first kappa shape index (κ1) is 20.5. The highest BCUT2D eigenvalue weighted by atomic mass is 16.5. The average Bonchev–Trinajstić information content (AvgIpc) is 3.30. The smallest absolute Gasteiger partial charge is 0.265 e. The lowest BCUT2D eigenvalue weighted by molar-refractivity contribution is -0.121. The minimum absolute atomic E-state index is 0.0415. The van der Waals surface area contributed by atoms with Gasteiger partial charge in [0.25, 0.3) is 11.8 Å². The third-order valence-electron chi connectivity index (χ3n) is 4.95. The number of carbonyl (C=O) groups is 1. The minimum atomic E-state index is -0.0716. The number of ether oxygens (including phenoxy) is 4. The summed E-state index contributed by atoms with van der Waals surface area (Å²) < 4.78 is 27.2. The number of rotatable bonds is 7. The van der Waals surface area contributed by atoms with Gasteiger partial charge in [0.15, 0.2) is 18.1 Å². The molecule has 2 heterocycles. The van der Waals surface area contributed by atoms with Crippen molar-refractivity contribution in [1.29, 1.82) is 0 Å². The predicted molar refractivity (Wildman–Crippen MR) is 113 cm³/mol. The van der Waals surface area contributed by atoms with Crippen molar-refractivity contribution in [3.63, 3.8) is 0 Å². The summed E-state index contributed by atoms with van der Waals surface area (Å²) in [6.07, 6.45) is 0.836. The number of methoxy groups -OCH3 is 3. The zero-order valence-corrected chi connectivity index (χ0v) is 17.8. The van der Waals surface area contributed by atoms with E-state index < -0.39 is 0 Å². The van der Waals surface area contributed by atoms with Crippen LogP contribution in [-0.4, -0.2) is 50.5 Å². The molecule has 0 saturated heterocycles. The van der Waals surface area contributed by atoms with E-state index in [0.717, 1.165) is 6.42 Å². The van der Waals surface area contributed by atoms with E-state index in [4.69, 9.17) is 23.5 Å². The number of aromatic nitrogens is 2. The summed E-state index contributed by atoms with van der Waals surface area (Å²) in [5, 5.41) is 4.11. The highest BCUT2D eigenvalue weighted by Crippen LogP contribution is 2.41. The second-order valence-corrected chi connectivity index (χ2v) is 6.85. The molecule has 9 heteroatoms. The monoisotopic (exact) mass is 425 g/mol. The van der Waals surface area contributed by atoms with E-state index in [1.165, 1.54) is 7.11 Å². The maximum atomic E-state index is 12.3. The van der Waals surface area contributed by atoms with Crippen LogP contribution >= 0.6 is 0 Å². The zero-order valence-electron chi connectivity index (χ0n) is 17.8. The fourth-order valence-electron chi connectivity index (χ4n) is 3.47. The third-order valence-corrected chi connectivity index (χ3v) is 4.95. The largest absolute Gasteiger partial charge is 0.493 e. The van der Waals surface area contributed by atoms with Crippen LogP contribution in [0.5, 0.6) is 23.0 Å². The zero-order chi connectivity index (χ0) is 22.0. The molecule has 31 heavy (non-hydrogen) atoms. The van der Waals surface area contributed by atoms with Crippen molar-refractivity contribution in [3.8, 4) is 45.8 Å². The molecule has 9 nitrogen and oxygen atoms in total. The Morgan fingerprint density at radius 1 is 1.03 bits per heavy atom. The van der Waals surface area contributed by atoms with Crippen molar-refractivity contribution < 1.29 is 28.3 Å². The lowest BCUT2D eigenvalue weighted by Crippen LogP contribution is -2.39. The molecule has 1 aliphatic rings. The topological polar surface area (TPSA) is 96.2 Å². The van der Waals surface area contributed by atoms with Gasteiger partial charge in [0.1, 0.15) is 5.75 Å². The fraction of sp³-hybridized carbons (Fsp3) is 0.318. The summed E-state index contributed by atoms with van der Waals surface area (Å²) in [6, 6.07) is 8.96. The molecule has 4 rings (SSSR count). The molecule has 1 aliphatic heterocycles. The van der Waals surface area contributed by atoms with E-state index >= 15 is 0 Å². The lowest BCUT2D eigenvalue weighted by atomic mass is 10.1. The van der Waals surface area contributed by atoms with Crippen LogP contribution in [-0.2, 0) is 4.79 Å². The van der Waals surface area contributed by atoms with Crippen LogP contribution in [0.15, 0.2) is 34.9 Å². The van der Waals surface area contributed by atoms with Gasteiger partial charge in [-0.1, -0.05) is 12.1 Å². The molecule has 3 aromatic rings. The standard InChI is InChI=1S/C22H23N3O6/c1-5-8-25-15-9-13(6-7-16(15)30-12-19(25)26)21-23-22(31-24-21)14-10-17(27-2)20(29-4)18(11-14)28-3/h6-7,9-11H,5,8,12H2,1-4H3.